The Morgan fingerprint density at radius 2 is 1.97 bits per heavy atom. The third kappa shape index (κ3) is 4.97. The van der Waals surface area contributed by atoms with E-state index in [0.717, 1.165) is 28.4 Å². The van der Waals surface area contributed by atoms with E-state index in [1.54, 1.807) is 12.5 Å². The van der Waals surface area contributed by atoms with Gasteiger partial charge in [0.15, 0.2) is 5.11 Å². The molecular weight excluding hydrogens is 458 g/mol. The van der Waals surface area contributed by atoms with E-state index >= 15 is 0 Å². The maximum Gasteiger partial charge on any atom is 0.226 e. The van der Waals surface area contributed by atoms with Crippen LogP contribution in [0.1, 0.15) is 41.2 Å². The van der Waals surface area contributed by atoms with Crippen LogP contribution >= 0.6 is 12.2 Å². The first kappa shape index (κ1) is 22.9. The van der Waals surface area contributed by atoms with Crippen molar-refractivity contribution in [1.29, 1.82) is 0 Å². The Bertz CT molecular complexity index is 1300. The number of nitrogens with one attached hydrogen (secondary N) is 2. The van der Waals surface area contributed by atoms with Crippen molar-refractivity contribution in [2.75, 3.05) is 11.9 Å². The van der Waals surface area contributed by atoms with Crippen LogP contribution in [0.15, 0.2) is 89.8 Å². The molecule has 5 rings (SSSR count). The normalized spacial score (nSPS) is 17.4. The average Bonchev–Trinajstić information content (AvgIpc) is 3.61. The number of pyridine rings is 1. The number of thiocarbonyl (C=S) groups is 1. The highest BCUT2D eigenvalue weighted by Crippen LogP contribution is 2.39. The van der Waals surface area contributed by atoms with Crippen LogP contribution < -0.4 is 10.6 Å². The van der Waals surface area contributed by atoms with Crippen LogP contribution in [0, 0.1) is 6.92 Å². The smallest absolute Gasteiger partial charge is 0.226 e. The third-order valence-electron chi connectivity index (χ3n) is 6.27. The summed E-state index contributed by atoms with van der Waals surface area (Å²) in [5.41, 5.74) is 3.83. The first-order valence-corrected chi connectivity index (χ1v) is 12.0. The molecule has 1 aromatic carbocycles. The third-order valence-corrected chi connectivity index (χ3v) is 6.62. The van der Waals surface area contributed by atoms with Gasteiger partial charge < -0.3 is 24.5 Å². The first-order valence-electron chi connectivity index (χ1n) is 11.6. The Hall–Kier alpha value is -3.91. The number of aromatic nitrogens is 2. The number of nitrogens with zero attached hydrogens (tertiary/aromatic N) is 3. The summed E-state index contributed by atoms with van der Waals surface area (Å²) < 4.78 is 7.75. The minimum atomic E-state index is -0.145. The van der Waals surface area contributed by atoms with Gasteiger partial charge in [-0.25, -0.2) is 0 Å². The van der Waals surface area contributed by atoms with E-state index in [2.05, 4.69) is 31.2 Å². The lowest BCUT2D eigenvalue weighted by Crippen LogP contribution is -2.33. The lowest BCUT2D eigenvalue weighted by Gasteiger charge is -2.28. The molecule has 35 heavy (non-hydrogen) atoms. The lowest BCUT2D eigenvalue weighted by molar-refractivity contribution is -0.116. The lowest BCUT2D eigenvalue weighted by atomic mass is 10.0. The van der Waals surface area contributed by atoms with E-state index in [9.17, 15) is 4.79 Å². The second-order valence-corrected chi connectivity index (χ2v) is 8.96. The van der Waals surface area contributed by atoms with Gasteiger partial charge in [0.2, 0.25) is 5.91 Å². The zero-order valence-corrected chi connectivity index (χ0v) is 20.2. The number of anilines is 1. The predicted octanol–water partition coefficient (Wildman–Crippen LogP) is 4.83. The van der Waals surface area contributed by atoms with Crippen LogP contribution in [-0.4, -0.2) is 32.0 Å². The number of amides is 1. The Balaban J connectivity index is 1.40. The molecule has 0 saturated carbocycles. The van der Waals surface area contributed by atoms with Crippen molar-refractivity contribution in [3.05, 3.63) is 108 Å². The Labute approximate surface area is 209 Å². The highest BCUT2D eigenvalue weighted by molar-refractivity contribution is 7.80. The van der Waals surface area contributed by atoms with Gasteiger partial charge >= 0.3 is 0 Å². The summed E-state index contributed by atoms with van der Waals surface area (Å²) in [5, 5.41) is 7.09. The maximum absolute atomic E-state index is 12.8. The molecule has 3 aromatic heterocycles. The Kier molecular flexibility index (Phi) is 6.63. The number of rotatable bonds is 8. The fraction of sp³-hybridized carbons (Fsp3) is 0.222. The van der Waals surface area contributed by atoms with Crippen molar-refractivity contribution in [2.45, 2.75) is 32.0 Å². The number of furan rings is 1. The minimum absolute atomic E-state index is 0.0481. The molecule has 8 heteroatoms. The molecule has 0 unspecified atom stereocenters. The van der Waals surface area contributed by atoms with Crippen LogP contribution in [0.4, 0.5) is 5.69 Å². The molecule has 0 spiro atoms. The standard InChI is InChI=1S/C27H27N5O2S/c1-19-8-2-3-10-21(19)29-24(33)13-16-32-26(25(30-27(32)35)22-11-4-5-14-28-22)23-12-6-15-31(23)18-20-9-7-17-34-20/h2-12,14-15,17,25-26H,13,16,18H2,1H3,(H,29,33)(H,30,35)/t25-,26-/m0/s1. The first-order chi connectivity index (χ1) is 17.1. The Morgan fingerprint density at radius 1 is 1.11 bits per heavy atom. The topological polar surface area (TPSA) is 75.3 Å². The summed E-state index contributed by atoms with van der Waals surface area (Å²) in [5.74, 6) is 0.822. The van der Waals surface area contributed by atoms with Gasteiger partial charge in [-0.15, -0.1) is 0 Å². The van der Waals surface area contributed by atoms with Crippen LogP contribution in [0.2, 0.25) is 0 Å². The van der Waals surface area contributed by atoms with Crippen molar-refractivity contribution in [2.24, 2.45) is 0 Å². The number of hydrogen-bond donors (Lipinski definition) is 2. The second-order valence-electron chi connectivity index (χ2n) is 8.57. The number of para-hydroxylation sites is 1. The molecule has 1 amide bonds. The van der Waals surface area contributed by atoms with Gasteiger partial charge in [0, 0.05) is 36.7 Å². The van der Waals surface area contributed by atoms with Crippen LogP contribution in [0.5, 0.6) is 0 Å². The molecule has 4 aromatic rings. The molecule has 1 aliphatic heterocycles. The van der Waals surface area contributed by atoms with Gasteiger partial charge in [0.05, 0.1) is 30.6 Å². The molecule has 2 N–H and O–H groups in total. The second kappa shape index (κ2) is 10.1. The molecule has 0 aliphatic carbocycles. The number of carbonyl (C=O) groups excluding carboxylic acids is 1. The monoisotopic (exact) mass is 485 g/mol. The van der Waals surface area contributed by atoms with Crippen molar-refractivity contribution < 1.29 is 9.21 Å². The van der Waals surface area contributed by atoms with E-state index in [0.29, 0.717) is 24.6 Å². The zero-order chi connectivity index (χ0) is 24.2. The fourth-order valence-corrected chi connectivity index (χ4v) is 4.86. The van der Waals surface area contributed by atoms with Crippen LogP contribution in [-0.2, 0) is 11.3 Å². The molecule has 4 heterocycles. The fourth-order valence-electron chi connectivity index (χ4n) is 4.53. The van der Waals surface area contributed by atoms with Crippen molar-refractivity contribution in [3.63, 3.8) is 0 Å². The molecule has 178 valence electrons. The number of carbonyl (C=O) groups is 1. The summed E-state index contributed by atoms with van der Waals surface area (Å²) in [6.45, 7) is 3.06. The molecule has 0 bridgehead atoms. The van der Waals surface area contributed by atoms with Gasteiger partial charge in [-0.2, -0.15) is 0 Å². The quantitative estimate of drug-likeness (QED) is 0.348. The number of benzene rings is 1. The van der Waals surface area contributed by atoms with Gasteiger partial charge in [0.25, 0.3) is 0 Å². The van der Waals surface area contributed by atoms with Gasteiger partial charge in [-0.3, -0.25) is 9.78 Å². The van der Waals surface area contributed by atoms with Crippen LogP contribution in [0.3, 0.4) is 0 Å². The molecular formula is C27H27N5O2S. The van der Waals surface area contributed by atoms with E-state index in [1.165, 1.54) is 0 Å². The summed E-state index contributed by atoms with van der Waals surface area (Å²) in [4.78, 5) is 19.5. The molecule has 1 fully saturated rings. The minimum Gasteiger partial charge on any atom is -0.467 e. The SMILES string of the molecule is Cc1ccccc1NC(=O)CCN1C(=S)N[C@@H](c2ccccn2)[C@@H]1c1cccn1Cc1ccco1. The predicted molar refractivity (Wildman–Crippen MR) is 139 cm³/mol. The number of hydrogen-bond acceptors (Lipinski definition) is 4. The van der Waals surface area contributed by atoms with E-state index in [1.807, 2.05) is 73.8 Å². The van der Waals surface area contributed by atoms with E-state index in [-0.39, 0.29) is 18.0 Å². The van der Waals surface area contributed by atoms with Gasteiger partial charge in [-0.05, 0) is 67.2 Å². The van der Waals surface area contributed by atoms with Gasteiger partial charge in [-0.1, -0.05) is 24.3 Å². The molecule has 0 radical (unpaired) electrons. The van der Waals surface area contributed by atoms with Crippen molar-refractivity contribution >= 4 is 28.9 Å². The van der Waals surface area contributed by atoms with E-state index in [4.69, 9.17) is 16.6 Å². The van der Waals surface area contributed by atoms with Crippen molar-refractivity contribution in [1.82, 2.24) is 19.8 Å². The molecule has 7 nitrogen and oxygen atoms in total. The largest absolute Gasteiger partial charge is 0.467 e. The summed E-state index contributed by atoms with van der Waals surface area (Å²) >= 11 is 5.76. The maximum atomic E-state index is 12.8. The van der Waals surface area contributed by atoms with E-state index < -0.39 is 0 Å². The van der Waals surface area contributed by atoms with Crippen LogP contribution in [0.25, 0.3) is 0 Å². The summed E-state index contributed by atoms with van der Waals surface area (Å²) in [7, 11) is 0. The van der Waals surface area contributed by atoms with Gasteiger partial charge in [0.1, 0.15) is 5.76 Å². The number of aryl methyl sites for hydroxylation is 1. The molecule has 2 atom stereocenters. The molecule has 1 aliphatic rings. The average molecular weight is 486 g/mol. The highest BCUT2D eigenvalue weighted by atomic mass is 32.1. The zero-order valence-electron chi connectivity index (χ0n) is 19.4. The summed E-state index contributed by atoms with van der Waals surface area (Å²) in [6, 6.07) is 21.4. The highest BCUT2D eigenvalue weighted by Gasteiger charge is 2.41. The Morgan fingerprint density at radius 3 is 2.74 bits per heavy atom. The molecule has 1 saturated heterocycles. The van der Waals surface area contributed by atoms with Crippen molar-refractivity contribution in [3.8, 4) is 0 Å². The summed E-state index contributed by atoms with van der Waals surface area (Å²) in [6.07, 6.45) is 5.82.